The molecule has 0 saturated carbocycles. The molecule has 0 bridgehead atoms. The molecule has 0 aromatic rings. The summed E-state index contributed by atoms with van der Waals surface area (Å²) in [4.78, 5) is 10.0. The Bertz CT molecular complexity index is 49.7. The first-order chi connectivity index (χ1) is 2.81. The molecule has 7 heavy (non-hydrogen) atoms. The third-order valence-electron chi connectivity index (χ3n) is 0.552. The van der Waals surface area contributed by atoms with Crippen molar-refractivity contribution in [1.82, 2.24) is 5.32 Å². The second kappa shape index (κ2) is 6.07. The van der Waals surface area contributed by atoms with Crippen LogP contribution in [0.2, 0.25) is 0 Å². The SMILES string of the molecule is CCC(=O)[N]C.[LiH]. The van der Waals surface area contributed by atoms with Crippen molar-refractivity contribution in [2.75, 3.05) is 7.05 Å². The van der Waals surface area contributed by atoms with Gasteiger partial charge in [0.2, 0.25) is 5.91 Å². The second-order valence-electron chi connectivity index (χ2n) is 0.971. The summed E-state index contributed by atoms with van der Waals surface area (Å²) >= 11 is 0. The van der Waals surface area contributed by atoms with E-state index in [-0.39, 0.29) is 24.8 Å². The van der Waals surface area contributed by atoms with Crippen LogP contribution in [0.25, 0.3) is 0 Å². The van der Waals surface area contributed by atoms with Gasteiger partial charge in [0, 0.05) is 13.5 Å². The van der Waals surface area contributed by atoms with Crippen molar-refractivity contribution >= 4 is 24.8 Å². The number of hydrogen-bond acceptors (Lipinski definition) is 1. The zero-order valence-electron chi connectivity index (χ0n) is 4.06. The molecule has 0 atom stereocenters. The maximum atomic E-state index is 10.0. The Labute approximate surface area is 55.8 Å². The Hall–Kier alpha value is 0.0674. The topological polar surface area (TPSA) is 31.2 Å². The van der Waals surface area contributed by atoms with E-state index >= 15 is 0 Å². The molecule has 0 rings (SSSR count). The molecule has 2 nitrogen and oxygen atoms in total. The van der Waals surface area contributed by atoms with Crippen LogP contribution in [0.4, 0.5) is 0 Å². The van der Waals surface area contributed by atoms with Gasteiger partial charge in [0.15, 0.2) is 0 Å². The normalized spacial score (nSPS) is 6.57. The van der Waals surface area contributed by atoms with Gasteiger partial charge in [-0.25, -0.2) is 0 Å². The van der Waals surface area contributed by atoms with Gasteiger partial charge in [0.05, 0.1) is 0 Å². The maximum absolute atomic E-state index is 10.0. The Balaban J connectivity index is 0. The van der Waals surface area contributed by atoms with Crippen LogP contribution >= 0.6 is 0 Å². The number of carbonyl (C=O) groups excluding carboxylic acids is 1. The van der Waals surface area contributed by atoms with Gasteiger partial charge in [-0.15, -0.1) is 0 Å². The number of rotatable bonds is 1. The van der Waals surface area contributed by atoms with Gasteiger partial charge in [-0.2, -0.15) is 0 Å². The molecule has 0 aliphatic rings. The molecule has 0 aromatic heterocycles. The fourth-order valence-corrected chi connectivity index (χ4v) is 0.158. The second-order valence-corrected chi connectivity index (χ2v) is 0.971. The summed E-state index contributed by atoms with van der Waals surface area (Å²) in [5.41, 5.74) is 0. The van der Waals surface area contributed by atoms with E-state index in [1.54, 1.807) is 6.92 Å². The van der Waals surface area contributed by atoms with E-state index in [1.807, 2.05) is 0 Å². The van der Waals surface area contributed by atoms with E-state index in [0.29, 0.717) is 6.42 Å². The van der Waals surface area contributed by atoms with Crippen molar-refractivity contribution in [3.8, 4) is 0 Å². The number of hydrogen-bond donors (Lipinski definition) is 0. The monoisotopic (exact) mass is 94.1 g/mol. The predicted octanol–water partition coefficient (Wildman–Crippen LogP) is -0.491. The average molecular weight is 94.1 g/mol. The number of carbonyl (C=O) groups is 1. The summed E-state index contributed by atoms with van der Waals surface area (Å²) in [6, 6.07) is 0. The van der Waals surface area contributed by atoms with E-state index in [2.05, 4.69) is 5.32 Å². The van der Waals surface area contributed by atoms with Gasteiger partial charge in [-0.1, -0.05) is 6.92 Å². The zero-order valence-corrected chi connectivity index (χ0v) is 4.06. The van der Waals surface area contributed by atoms with Crippen molar-refractivity contribution in [2.24, 2.45) is 0 Å². The van der Waals surface area contributed by atoms with Crippen LogP contribution in [-0.2, 0) is 4.79 Å². The van der Waals surface area contributed by atoms with Crippen molar-refractivity contribution in [1.29, 1.82) is 0 Å². The first kappa shape index (κ1) is 10.1. The van der Waals surface area contributed by atoms with E-state index < -0.39 is 0 Å². The molecule has 0 fully saturated rings. The van der Waals surface area contributed by atoms with Crippen LogP contribution in [0.5, 0.6) is 0 Å². The molecule has 0 saturated heterocycles. The third-order valence-corrected chi connectivity index (χ3v) is 0.552. The molecule has 1 amide bonds. The van der Waals surface area contributed by atoms with E-state index in [4.69, 9.17) is 0 Å². The molecule has 0 spiro atoms. The Kier molecular flexibility index (Phi) is 8.78. The van der Waals surface area contributed by atoms with Crippen molar-refractivity contribution in [3.05, 3.63) is 0 Å². The summed E-state index contributed by atoms with van der Waals surface area (Å²) in [5, 5.41) is 3.37. The molecule has 0 heterocycles. The number of amides is 1. The van der Waals surface area contributed by atoms with E-state index in [0.717, 1.165) is 0 Å². The predicted molar refractivity (Wildman–Crippen MR) is 30.5 cm³/mol. The molecule has 0 unspecified atom stereocenters. The van der Waals surface area contributed by atoms with E-state index in [1.165, 1.54) is 7.05 Å². The first-order valence-electron chi connectivity index (χ1n) is 1.94. The summed E-state index contributed by atoms with van der Waals surface area (Å²) < 4.78 is 0. The minimum absolute atomic E-state index is 0. The standard InChI is InChI=1S/C4H8NO.Li.H/c1-3-4(6)5-2;;/h3H2,1-2H3;;. The quantitative estimate of drug-likeness (QED) is 0.403. The van der Waals surface area contributed by atoms with Crippen molar-refractivity contribution in [2.45, 2.75) is 13.3 Å². The van der Waals surface area contributed by atoms with Crippen LogP contribution in [0.15, 0.2) is 0 Å². The van der Waals surface area contributed by atoms with Gasteiger partial charge in [0.25, 0.3) is 0 Å². The average Bonchev–Trinajstić information content (AvgIpc) is 1.65. The first-order valence-corrected chi connectivity index (χ1v) is 1.94. The molecule has 0 aliphatic heterocycles. The van der Waals surface area contributed by atoms with Crippen LogP contribution in [0.3, 0.4) is 0 Å². The zero-order chi connectivity index (χ0) is 4.99. The Morgan fingerprint density at radius 1 is 1.71 bits per heavy atom. The van der Waals surface area contributed by atoms with Crippen LogP contribution in [0, 0.1) is 0 Å². The van der Waals surface area contributed by atoms with Crippen LogP contribution in [0.1, 0.15) is 13.3 Å². The fraction of sp³-hybridized carbons (Fsp3) is 0.750. The summed E-state index contributed by atoms with van der Waals surface area (Å²) in [6.07, 6.45) is 0.524. The Morgan fingerprint density at radius 3 is 2.14 bits per heavy atom. The summed E-state index contributed by atoms with van der Waals surface area (Å²) in [7, 11) is 1.51. The molecule has 1 radical (unpaired) electrons. The number of nitrogens with zero attached hydrogens (tertiary/aromatic N) is 1. The molecule has 0 aliphatic carbocycles. The minimum atomic E-state index is -0.0324. The third kappa shape index (κ3) is 6.07. The molecular weight excluding hydrogens is 85.0 g/mol. The summed E-state index contributed by atoms with van der Waals surface area (Å²) in [6.45, 7) is 1.79. The van der Waals surface area contributed by atoms with Crippen LogP contribution < -0.4 is 5.32 Å². The molecule has 0 N–H and O–H groups in total. The summed E-state index contributed by atoms with van der Waals surface area (Å²) in [5.74, 6) is -0.0324. The van der Waals surface area contributed by atoms with Gasteiger partial charge in [-0.3, -0.25) is 10.1 Å². The molecule has 0 aromatic carbocycles. The molecule has 3 heteroatoms. The molecule has 37 valence electrons. The van der Waals surface area contributed by atoms with Gasteiger partial charge in [0.1, 0.15) is 0 Å². The van der Waals surface area contributed by atoms with Crippen molar-refractivity contribution < 1.29 is 4.79 Å². The van der Waals surface area contributed by atoms with Crippen molar-refractivity contribution in [3.63, 3.8) is 0 Å². The molecular formula is C4H9LiNO. The van der Waals surface area contributed by atoms with Gasteiger partial charge in [-0.05, 0) is 0 Å². The van der Waals surface area contributed by atoms with E-state index in [9.17, 15) is 4.79 Å². The van der Waals surface area contributed by atoms with Crippen LogP contribution in [-0.4, -0.2) is 31.8 Å². The fourth-order valence-electron chi connectivity index (χ4n) is 0.158. The Morgan fingerprint density at radius 2 is 2.14 bits per heavy atom. The van der Waals surface area contributed by atoms with Gasteiger partial charge < -0.3 is 0 Å². The van der Waals surface area contributed by atoms with Gasteiger partial charge >= 0.3 is 18.9 Å².